The van der Waals surface area contributed by atoms with Crippen molar-refractivity contribution in [2.24, 2.45) is 7.05 Å². The number of aromatic nitrogens is 2. The van der Waals surface area contributed by atoms with Gasteiger partial charge in [0.25, 0.3) is 0 Å². The maximum atomic E-state index is 6.29. The van der Waals surface area contributed by atoms with Crippen LogP contribution in [0.2, 0.25) is 0 Å². The Balaban J connectivity index is 1.74. The fourth-order valence-corrected chi connectivity index (χ4v) is 4.44. The number of nitrogens with one attached hydrogen (secondary N) is 1. The minimum absolute atomic E-state index is 0.465. The molecule has 0 bridgehead atoms. The first-order chi connectivity index (χ1) is 12.7. The Hall–Kier alpha value is -2.59. The lowest BCUT2D eigenvalue weighted by Gasteiger charge is -2.13. The fraction of sp³-hybridized carbons (Fsp3) is 0.318. The van der Waals surface area contributed by atoms with E-state index in [1.54, 1.807) is 0 Å². The van der Waals surface area contributed by atoms with E-state index in [9.17, 15) is 0 Å². The van der Waals surface area contributed by atoms with Crippen LogP contribution in [0.3, 0.4) is 0 Å². The molecule has 2 aromatic carbocycles. The zero-order chi connectivity index (χ0) is 17.7. The van der Waals surface area contributed by atoms with E-state index >= 15 is 0 Å². The minimum Gasteiger partial charge on any atom is -0.491 e. The molecule has 1 fully saturated rings. The highest BCUT2D eigenvalue weighted by Crippen LogP contribution is 2.39. The summed E-state index contributed by atoms with van der Waals surface area (Å²) in [7, 11) is 2.15. The van der Waals surface area contributed by atoms with Gasteiger partial charge in [-0.3, -0.25) is 4.98 Å². The van der Waals surface area contributed by atoms with Gasteiger partial charge in [0.15, 0.2) is 0 Å². The van der Waals surface area contributed by atoms with Crippen molar-refractivity contribution < 1.29 is 4.74 Å². The summed E-state index contributed by atoms with van der Waals surface area (Å²) in [6.45, 7) is 4.03. The topological polar surface area (TPSA) is 39.1 Å². The molecule has 1 aliphatic rings. The molecule has 0 spiro atoms. The van der Waals surface area contributed by atoms with Crippen molar-refractivity contribution in [2.75, 3.05) is 13.2 Å². The molecule has 0 saturated carbocycles. The fourth-order valence-electron chi connectivity index (χ4n) is 4.44. The Morgan fingerprint density at radius 2 is 2.19 bits per heavy atom. The number of fused-ring (bicyclic) bond motifs is 4. The van der Waals surface area contributed by atoms with Crippen molar-refractivity contribution in [3.63, 3.8) is 0 Å². The molecule has 4 aromatic rings. The van der Waals surface area contributed by atoms with Crippen LogP contribution in [0.5, 0.6) is 5.75 Å². The van der Waals surface area contributed by atoms with Gasteiger partial charge in [0.2, 0.25) is 0 Å². The Morgan fingerprint density at radius 1 is 1.27 bits per heavy atom. The lowest BCUT2D eigenvalue weighted by atomic mass is 10.0. The molecule has 0 amide bonds. The molecule has 3 heterocycles. The zero-order valence-electron chi connectivity index (χ0n) is 15.2. The Morgan fingerprint density at radius 3 is 3.04 bits per heavy atom. The van der Waals surface area contributed by atoms with E-state index in [2.05, 4.69) is 59.2 Å². The molecule has 26 heavy (non-hydrogen) atoms. The molecule has 0 unspecified atom stereocenters. The van der Waals surface area contributed by atoms with E-state index < -0.39 is 0 Å². The molecule has 0 radical (unpaired) electrons. The Labute approximate surface area is 152 Å². The number of ether oxygens (including phenoxy) is 1. The lowest BCUT2D eigenvalue weighted by molar-refractivity contribution is 0.280. The van der Waals surface area contributed by atoms with Crippen molar-refractivity contribution in [2.45, 2.75) is 25.8 Å². The third-order valence-electron chi connectivity index (χ3n) is 5.74. The molecular formula is C22H23N3O. The third kappa shape index (κ3) is 2.29. The van der Waals surface area contributed by atoms with Crippen molar-refractivity contribution in [3.8, 4) is 5.75 Å². The smallest absolute Gasteiger partial charge is 0.129 e. The van der Waals surface area contributed by atoms with Crippen molar-refractivity contribution in [1.29, 1.82) is 0 Å². The van der Waals surface area contributed by atoms with Crippen LogP contribution in [0.4, 0.5) is 0 Å². The van der Waals surface area contributed by atoms with E-state index in [0.717, 1.165) is 18.9 Å². The van der Waals surface area contributed by atoms with Crippen molar-refractivity contribution >= 4 is 32.6 Å². The van der Waals surface area contributed by atoms with Gasteiger partial charge >= 0.3 is 0 Å². The molecule has 1 aliphatic heterocycles. The van der Waals surface area contributed by atoms with Gasteiger partial charge in [-0.15, -0.1) is 0 Å². The standard InChI is InChI=1S/C22H23N3O/c1-14-17-8-10-23-12-15(17)11-18-21-19(25(2)22(14)18)6-3-7-20(21)26-13-16-5-4-9-24-16/h3,6-8,10-12,16,24H,4-5,9,13H2,1-2H3/t16-/m1/s1. The van der Waals surface area contributed by atoms with Gasteiger partial charge in [0.05, 0.1) is 11.0 Å². The summed E-state index contributed by atoms with van der Waals surface area (Å²) < 4.78 is 8.58. The first-order valence-corrected chi connectivity index (χ1v) is 9.34. The second-order valence-electron chi connectivity index (χ2n) is 7.31. The second-order valence-corrected chi connectivity index (χ2v) is 7.31. The largest absolute Gasteiger partial charge is 0.491 e. The summed E-state index contributed by atoms with van der Waals surface area (Å²) in [5.41, 5.74) is 3.78. The number of benzene rings is 2. The van der Waals surface area contributed by atoms with Gasteiger partial charge in [-0.25, -0.2) is 0 Å². The molecule has 132 valence electrons. The number of rotatable bonds is 3. The number of nitrogens with zero attached hydrogens (tertiary/aromatic N) is 2. The summed E-state index contributed by atoms with van der Waals surface area (Å²) in [5.74, 6) is 0.976. The van der Waals surface area contributed by atoms with E-state index in [1.165, 1.54) is 51.0 Å². The van der Waals surface area contributed by atoms with Crippen LogP contribution < -0.4 is 10.1 Å². The van der Waals surface area contributed by atoms with E-state index in [1.807, 2.05) is 12.4 Å². The maximum Gasteiger partial charge on any atom is 0.129 e. The van der Waals surface area contributed by atoms with E-state index in [0.29, 0.717) is 6.04 Å². The molecule has 4 nitrogen and oxygen atoms in total. The predicted molar refractivity (Wildman–Crippen MR) is 107 cm³/mol. The summed E-state index contributed by atoms with van der Waals surface area (Å²) in [6, 6.07) is 11.2. The first-order valence-electron chi connectivity index (χ1n) is 9.34. The van der Waals surface area contributed by atoms with Crippen LogP contribution >= 0.6 is 0 Å². The van der Waals surface area contributed by atoms with Gasteiger partial charge in [-0.1, -0.05) is 6.07 Å². The summed E-state index contributed by atoms with van der Waals surface area (Å²) in [4.78, 5) is 4.31. The van der Waals surface area contributed by atoms with Crippen LogP contribution in [0, 0.1) is 6.92 Å². The molecular weight excluding hydrogens is 322 g/mol. The van der Waals surface area contributed by atoms with Crippen LogP contribution in [-0.4, -0.2) is 28.7 Å². The van der Waals surface area contributed by atoms with Crippen LogP contribution in [0.15, 0.2) is 42.7 Å². The second kappa shape index (κ2) is 5.99. The summed E-state index contributed by atoms with van der Waals surface area (Å²) in [6.07, 6.45) is 6.26. The molecule has 1 saturated heterocycles. The zero-order valence-corrected chi connectivity index (χ0v) is 15.2. The number of hydrogen-bond acceptors (Lipinski definition) is 3. The average Bonchev–Trinajstić information content (AvgIpc) is 3.28. The van der Waals surface area contributed by atoms with Crippen molar-refractivity contribution in [1.82, 2.24) is 14.9 Å². The highest BCUT2D eigenvalue weighted by atomic mass is 16.5. The summed E-state index contributed by atoms with van der Waals surface area (Å²) >= 11 is 0. The number of hydrogen-bond donors (Lipinski definition) is 1. The molecule has 5 rings (SSSR count). The molecule has 2 aromatic heterocycles. The van der Waals surface area contributed by atoms with Crippen molar-refractivity contribution in [3.05, 3.63) is 48.3 Å². The number of aryl methyl sites for hydroxylation is 2. The van der Waals surface area contributed by atoms with Gasteiger partial charge in [-0.2, -0.15) is 0 Å². The van der Waals surface area contributed by atoms with E-state index in [-0.39, 0.29) is 0 Å². The maximum absolute atomic E-state index is 6.29. The molecule has 1 atom stereocenters. The average molecular weight is 345 g/mol. The normalized spacial score (nSPS) is 17.5. The number of pyridine rings is 1. The van der Waals surface area contributed by atoms with Crippen LogP contribution in [0.1, 0.15) is 18.4 Å². The van der Waals surface area contributed by atoms with Crippen LogP contribution in [0.25, 0.3) is 32.6 Å². The van der Waals surface area contributed by atoms with Crippen LogP contribution in [-0.2, 0) is 7.05 Å². The molecule has 1 N–H and O–H groups in total. The third-order valence-corrected chi connectivity index (χ3v) is 5.74. The quantitative estimate of drug-likeness (QED) is 0.601. The first kappa shape index (κ1) is 15.6. The molecule has 4 heteroatoms. The highest BCUT2D eigenvalue weighted by Gasteiger charge is 2.18. The molecule has 0 aliphatic carbocycles. The van der Waals surface area contributed by atoms with E-state index in [4.69, 9.17) is 4.74 Å². The van der Waals surface area contributed by atoms with Gasteiger partial charge in [-0.05, 0) is 61.5 Å². The van der Waals surface area contributed by atoms with Gasteiger partial charge in [0, 0.05) is 41.6 Å². The SMILES string of the molecule is Cc1c2ccncc2cc2c3c(OC[C@H]4CCCN4)cccc3n(C)c12. The Bertz CT molecular complexity index is 1120. The Kier molecular flexibility index (Phi) is 3.61. The monoisotopic (exact) mass is 345 g/mol. The predicted octanol–water partition coefficient (Wildman–Crippen LogP) is 4.32. The lowest BCUT2D eigenvalue weighted by Crippen LogP contribution is -2.28. The summed E-state index contributed by atoms with van der Waals surface area (Å²) in [5, 5.41) is 8.40. The van der Waals surface area contributed by atoms with Gasteiger partial charge in [0.1, 0.15) is 12.4 Å². The highest BCUT2D eigenvalue weighted by molar-refractivity contribution is 6.16. The van der Waals surface area contributed by atoms with Gasteiger partial charge < -0.3 is 14.6 Å². The minimum atomic E-state index is 0.465.